The molecule has 7 nitrogen and oxygen atoms in total. The molecule has 2 rings (SSSR count). The van der Waals surface area contributed by atoms with Crippen LogP contribution in [0.25, 0.3) is 0 Å². The first-order valence-corrected chi connectivity index (χ1v) is 6.30. The number of rotatable bonds is 5. The number of nitrogens with one attached hydrogen (secondary N) is 1. The number of hydrogen-bond acceptors (Lipinski definition) is 4. The summed E-state index contributed by atoms with van der Waals surface area (Å²) in [6.07, 6.45) is 6.46. The molecule has 0 saturated heterocycles. The van der Waals surface area contributed by atoms with Crippen LogP contribution >= 0.6 is 0 Å². The molecule has 1 fully saturated rings. The van der Waals surface area contributed by atoms with Crippen LogP contribution in [-0.2, 0) is 11.3 Å². The van der Waals surface area contributed by atoms with E-state index in [1.165, 1.54) is 0 Å². The number of amides is 1. The van der Waals surface area contributed by atoms with Gasteiger partial charge in [0.1, 0.15) is 5.41 Å². The molecule has 104 valence electrons. The Morgan fingerprint density at radius 2 is 2.42 bits per heavy atom. The van der Waals surface area contributed by atoms with Crippen molar-refractivity contribution in [1.82, 2.24) is 14.9 Å². The van der Waals surface area contributed by atoms with E-state index in [1.54, 1.807) is 12.5 Å². The second kappa shape index (κ2) is 5.29. The summed E-state index contributed by atoms with van der Waals surface area (Å²) in [7, 11) is 0. The fourth-order valence-electron chi connectivity index (χ4n) is 2.62. The van der Waals surface area contributed by atoms with E-state index >= 15 is 0 Å². The molecule has 1 aromatic heterocycles. The predicted molar refractivity (Wildman–Crippen MR) is 69.5 cm³/mol. The number of nitrogens with zero attached hydrogens (tertiary/aromatic N) is 3. The van der Waals surface area contributed by atoms with Gasteiger partial charge in [0.15, 0.2) is 5.84 Å². The lowest BCUT2D eigenvalue weighted by Crippen LogP contribution is -2.57. The maximum Gasteiger partial charge on any atom is 0.234 e. The summed E-state index contributed by atoms with van der Waals surface area (Å²) >= 11 is 0. The summed E-state index contributed by atoms with van der Waals surface area (Å²) < 4.78 is 1.87. The molecule has 1 amide bonds. The minimum Gasteiger partial charge on any atom is -0.409 e. The Morgan fingerprint density at radius 3 is 2.95 bits per heavy atom. The summed E-state index contributed by atoms with van der Waals surface area (Å²) in [4.78, 5) is 16.1. The Balaban J connectivity index is 1.90. The monoisotopic (exact) mass is 265 g/mol. The largest absolute Gasteiger partial charge is 0.409 e. The van der Waals surface area contributed by atoms with Gasteiger partial charge in [-0.2, -0.15) is 0 Å². The molecule has 1 aliphatic carbocycles. The maximum atomic E-state index is 12.2. The summed E-state index contributed by atoms with van der Waals surface area (Å²) in [5, 5.41) is 14.7. The first-order valence-electron chi connectivity index (χ1n) is 6.30. The highest BCUT2D eigenvalue weighted by atomic mass is 16.4. The molecular formula is C12H19N5O2. The van der Waals surface area contributed by atoms with Gasteiger partial charge in [0.05, 0.1) is 6.33 Å². The minimum absolute atomic E-state index is 0.00531. The van der Waals surface area contributed by atoms with E-state index in [1.807, 2.05) is 17.7 Å². The highest BCUT2D eigenvalue weighted by molar-refractivity contribution is 6.07. The van der Waals surface area contributed by atoms with Gasteiger partial charge in [0.2, 0.25) is 5.91 Å². The van der Waals surface area contributed by atoms with Crippen LogP contribution in [0.4, 0.5) is 0 Å². The highest BCUT2D eigenvalue weighted by Crippen LogP contribution is 2.45. The van der Waals surface area contributed by atoms with Crippen molar-refractivity contribution in [2.45, 2.75) is 26.3 Å². The van der Waals surface area contributed by atoms with Crippen molar-refractivity contribution in [3.63, 3.8) is 0 Å². The van der Waals surface area contributed by atoms with Crippen LogP contribution in [0.15, 0.2) is 23.9 Å². The summed E-state index contributed by atoms with van der Waals surface area (Å²) in [5.74, 6) is 0.256. The first kappa shape index (κ1) is 13.4. The highest BCUT2D eigenvalue weighted by Gasteiger charge is 2.51. The van der Waals surface area contributed by atoms with Crippen molar-refractivity contribution in [3.05, 3.63) is 18.7 Å². The van der Waals surface area contributed by atoms with Crippen LogP contribution < -0.4 is 11.1 Å². The maximum absolute atomic E-state index is 12.2. The average molecular weight is 265 g/mol. The first-order chi connectivity index (χ1) is 9.08. The van der Waals surface area contributed by atoms with E-state index < -0.39 is 5.41 Å². The molecule has 0 radical (unpaired) electrons. The molecule has 0 atom stereocenters. The fraction of sp³-hybridized carbons (Fsp3) is 0.583. The van der Waals surface area contributed by atoms with Gasteiger partial charge < -0.3 is 20.8 Å². The van der Waals surface area contributed by atoms with Gasteiger partial charge in [0, 0.05) is 25.5 Å². The topological polar surface area (TPSA) is 106 Å². The molecule has 0 spiro atoms. The van der Waals surface area contributed by atoms with Crippen LogP contribution in [-0.4, -0.2) is 33.0 Å². The number of oxime groups is 1. The number of carbonyl (C=O) groups excluding carboxylic acids is 1. The van der Waals surface area contributed by atoms with Gasteiger partial charge in [-0.05, 0) is 18.8 Å². The molecule has 1 aliphatic rings. The number of imidazole rings is 1. The molecule has 4 N–H and O–H groups in total. The number of carbonyl (C=O) groups is 1. The van der Waals surface area contributed by atoms with Crippen LogP contribution in [0, 0.1) is 11.3 Å². The Bertz CT molecular complexity index is 462. The standard InChI is InChI=1S/C12H19N5O2/c1-9-6-12(7-9,10(13)16-19)11(18)15-3-5-17-4-2-14-8-17/h2,4,8-9,19H,3,5-7H2,1H3,(H2,13,16)(H,15,18). The number of aromatic nitrogens is 2. The van der Waals surface area contributed by atoms with Crippen molar-refractivity contribution in [2.75, 3.05) is 6.54 Å². The quantitative estimate of drug-likeness (QED) is 0.305. The van der Waals surface area contributed by atoms with Gasteiger partial charge >= 0.3 is 0 Å². The normalized spacial score (nSPS) is 26.8. The summed E-state index contributed by atoms with van der Waals surface area (Å²) in [6, 6.07) is 0. The third-order valence-corrected chi connectivity index (χ3v) is 3.64. The van der Waals surface area contributed by atoms with Crippen molar-refractivity contribution in [3.8, 4) is 0 Å². The summed E-state index contributed by atoms with van der Waals surface area (Å²) in [6.45, 7) is 3.18. The third kappa shape index (κ3) is 2.54. The number of hydrogen-bond donors (Lipinski definition) is 3. The molecule has 0 bridgehead atoms. The minimum atomic E-state index is -0.830. The van der Waals surface area contributed by atoms with Gasteiger partial charge in [-0.1, -0.05) is 12.1 Å². The molecule has 0 aliphatic heterocycles. The van der Waals surface area contributed by atoms with Crippen LogP contribution in [0.5, 0.6) is 0 Å². The fourth-order valence-corrected chi connectivity index (χ4v) is 2.62. The number of amidine groups is 1. The van der Waals surface area contributed by atoms with E-state index in [0.717, 1.165) is 0 Å². The van der Waals surface area contributed by atoms with Crippen LogP contribution in [0.3, 0.4) is 0 Å². The zero-order valence-electron chi connectivity index (χ0n) is 10.9. The lowest BCUT2D eigenvalue weighted by Gasteiger charge is -2.43. The van der Waals surface area contributed by atoms with Gasteiger partial charge in [0.25, 0.3) is 0 Å². The van der Waals surface area contributed by atoms with Gasteiger partial charge in [-0.25, -0.2) is 4.98 Å². The zero-order valence-corrected chi connectivity index (χ0v) is 10.9. The third-order valence-electron chi connectivity index (χ3n) is 3.64. The Labute approximate surface area is 111 Å². The Morgan fingerprint density at radius 1 is 1.68 bits per heavy atom. The molecule has 1 saturated carbocycles. The van der Waals surface area contributed by atoms with Crippen LogP contribution in [0.1, 0.15) is 19.8 Å². The predicted octanol–water partition coefficient (Wildman–Crippen LogP) is 0.162. The zero-order chi connectivity index (χ0) is 13.9. The Kier molecular flexibility index (Phi) is 3.73. The van der Waals surface area contributed by atoms with E-state index in [9.17, 15) is 4.79 Å². The van der Waals surface area contributed by atoms with E-state index in [2.05, 4.69) is 15.5 Å². The van der Waals surface area contributed by atoms with Gasteiger partial charge in [-0.15, -0.1) is 0 Å². The van der Waals surface area contributed by atoms with Crippen molar-refractivity contribution in [1.29, 1.82) is 0 Å². The lowest BCUT2D eigenvalue weighted by molar-refractivity contribution is -0.133. The van der Waals surface area contributed by atoms with Crippen LogP contribution in [0.2, 0.25) is 0 Å². The second-order valence-corrected chi connectivity index (χ2v) is 5.14. The molecule has 1 aromatic rings. The second-order valence-electron chi connectivity index (χ2n) is 5.14. The molecule has 7 heteroatoms. The lowest BCUT2D eigenvalue weighted by atomic mass is 9.61. The Hall–Kier alpha value is -2.05. The molecule has 0 unspecified atom stereocenters. The molecule has 19 heavy (non-hydrogen) atoms. The molecule has 0 aromatic carbocycles. The summed E-state index contributed by atoms with van der Waals surface area (Å²) in [5.41, 5.74) is 4.84. The van der Waals surface area contributed by atoms with E-state index in [4.69, 9.17) is 10.9 Å². The average Bonchev–Trinajstić information content (AvgIpc) is 2.86. The molecule has 1 heterocycles. The molecular weight excluding hydrogens is 246 g/mol. The van der Waals surface area contributed by atoms with Crippen molar-refractivity contribution in [2.24, 2.45) is 22.2 Å². The van der Waals surface area contributed by atoms with E-state index in [0.29, 0.717) is 31.8 Å². The SMILES string of the molecule is CC1CC(C(=O)NCCn2ccnc2)(/C(N)=N/O)C1. The number of nitrogens with two attached hydrogens (primary N) is 1. The van der Waals surface area contributed by atoms with Crippen molar-refractivity contribution >= 4 is 11.7 Å². The smallest absolute Gasteiger partial charge is 0.234 e. The van der Waals surface area contributed by atoms with E-state index in [-0.39, 0.29) is 11.7 Å². The van der Waals surface area contributed by atoms with Gasteiger partial charge in [-0.3, -0.25) is 4.79 Å². The van der Waals surface area contributed by atoms with Crippen molar-refractivity contribution < 1.29 is 10.0 Å².